The largest absolute Gasteiger partial charge is 0.493 e. The molecule has 0 unspecified atom stereocenters. The summed E-state index contributed by atoms with van der Waals surface area (Å²) in [5.74, 6) is 3.12. The molecule has 3 fully saturated rings. The van der Waals surface area contributed by atoms with Gasteiger partial charge in [-0.05, 0) is 38.8 Å². The number of likely N-dealkylation sites (N-methyl/N-ethyl adjacent to an activating group) is 1. The number of aromatic nitrogens is 2. The van der Waals surface area contributed by atoms with Gasteiger partial charge in [-0.1, -0.05) is 19.3 Å². The Morgan fingerprint density at radius 1 is 0.824 bits per heavy atom. The van der Waals surface area contributed by atoms with Crippen LogP contribution in [0, 0.1) is 0 Å². The number of fused-ring (bicyclic) bond motifs is 1. The summed E-state index contributed by atoms with van der Waals surface area (Å²) in [6.45, 7) is 6.27. The van der Waals surface area contributed by atoms with Gasteiger partial charge in [-0.3, -0.25) is 0 Å². The van der Waals surface area contributed by atoms with E-state index in [1.165, 1.54) is 45.2 Å². The molecule has 186 valence electrons. The predicted molar refractivity (Wildman–Crippen MR) is 137 cm³/mol. The van der Waals surface area contributed by atoms with Gasteiger partial charge in [0.05, 0.1) is 19.7 Å². The molecule has 0 amide bonds. The Balaban J connectivity index is 1.39. The van der Waals surface area contributed by atoms with Crippen LogP contribution in [0.25, 0.3) is 10.9 Å². The number of rotatable bonds is 6. The molecular formula is C26H40N6O2. The number of anilines is 2. The second kappa shape index (κ2) is 10.5. The van der Waals surface area contributed by atoms with Gasteiger partial charge in [-0.2, -0.15) is 4.98 Å². The molecule has 2 aromatic rings. The van der Waals surface area contributed by atoms with Crippen molar-refractivity contribution in [2.75, 3.05) is 70.8 Å². The molecule has 5 rings (SSSR count). The summed E-state index contributed by atoms with van der Waals surface area (Å²) in [6.07, 6.45) is 9.28. The fourth-order valence-electron chi connectivity index (χ4n) is 5.75. The van der Waals surface area contributed by atoms with Gasteiger partial charge in [0.25, 0.3) is 0 Å². The van der Waals surface area contributed by atoms with E-state index in [0.717, 1.165) is 67.7 Å². The summed E-state index contributed by atoms with van der Waals surface area (Å²) < 4.78 is 11.2. The number of piperazine rings is 1. The number of likely N-dealkylation sites (tertiary alicyclic amines) is 1. The fourth-order valence-corrected chi connectivity index (χ4v) is 5.75. The van der Waals surface area contributed by atoms with Crippen molar-refractivity contribution in [1.29, 1.82) is 0 Å². The van der Waals surface area contributed by atoms with E-state index in [2.05, 4.69) is 27.1 Å². The monoisotopic (exact) mass is 468 g/mol. The van der Waals surface area contributed by atoms with Crippen LogP contribution in [0.3, 0.4) is 0 Å². The second-order valence-corrected chi connectivity index (χ2v) is 10.1. The molecular weight excluding hydrogens is 428 g/mol. The summed E-state index contributed by atoms with van der Waals surface area (Å²) in [6, 6.07) is 5.22. The van der Waals surface area contributed by atoms with Crippen LogP contribution in [0.5, 0.6) is 11.5 Å². The Bertz CT molecular complexity index is 963. The molecule has 8 heteroatoms. The average Bonchev–Trinajstić information content (AvgIpc) is 2.89. The maximum atomic E-state index is 5.60. The zero-order valence-corrected chi connectivity index (χ0v) is 21.1. The number of benzene rings is 1. The Morgan fingerprint density at radius 2 is 1.50 bits per heavy atom. The molecule has 34 heavy (non-hydrogen) atoms. The van der Waals surface area contributed by atoms with Crippen LogP contribution in [-0.4, -0.2) is 92.4 Å². The van der Waals surface area contributed by atoms with Crippen LogP contribution < -0.4 is 19.7 Å². The Hall–Kier alpha value is -2.32. The molecule has 2 aliphatic heterocycles. The lowest BCUT2D eigenvalue weighted by Crippen LogP contribution is -2.46. The van der Waals surface area contributed by atoms with Gasteiger partial charge in [-0.25, -0.2) is 4.98 Å². The van der Waals surface area contributed by atoms with Gasteiger partial charge >= 0.3 is 0 Å². The predicted octanol–water partition coefficient (Wildman–Crippen LogP) is 3.61. The van der Waals surface area contributed by atoms with Crippen molar-refractivity contribution in [1.82, 2.24) is 19.8 Å². The third-order valence-corrected chi connectivity index (χ3v) is 7.94. The Morgan fingerprint density at radius 3 is 2.18 bits per heavy atom. The van der Waals surface area contributed by atoms with E-state index in [1.54, 1.807) is 14.2 Å². The molecule has 8 nitrogen and oxygen atoms in total. The first-order valence-electron chi connectivity index (χ1n) is 13.0. The number of methoxy groups -OCH3 is 2. The molecule has 0 bridgehead atoms. The van der Waals surface area contributed by atoms with Crippen LogP contribution in [0.15, 0.2) is 12.1 Å². The third kappa shape index (κ3) is 5.03. The number of hydrogen-bond acceptors (Lipinski definition) is 8. The van der Waals surface area contributed by atoms with E-state index >= 15 is 0 Å². The summed E-state index contributed by atoms with van der Waals surface area (Å²) >= 11 is 0. The molecule has 1 aliphatic carbocycles. The second-order valence-electron chi connectivity index (χ2n) is 10.1. The topological polar surface area (TPSA) is 66.0 Å². The van der Waals surface area contributed by atoms with Gasteiger partial charge < -0.3 is 29.5 Å². The molecule has 0 atom stereocenters. The first kappa shape index (κ1) is 23.4. The molecule has 1 aromatic carbocycles. The first-order chi connectivity index (χ1) is 16.6. The molecule has 1 N–H and O–H groups in total. The molecule has 1 saturated carbocycles. The minimum Gasteiger partial charge on any atom is -0.493 e. The summed E-state index contributed by atoms with van der Waals surface area (Å²) in [5.41, 5.74) is 0.892. The minimum atomic E-state index is 0.423. The molecule has 3 aliphatic rings. The summed E-state index contributed by atoms with van der Waals surface area (Å²) in [4.78, 5) is 17.4. The molecule has 1 aromatic heterocycles. The first-order valence-corrected chi connectivity index (χ1v) is 13.0. The maximum Gasteiger partial charge on any atom is 0.227 e. The molecule has 2 saturated heterocycles. The van der Waals surface area contributed by atoms with Crippen molar-refractivity contribution in [3.63, 3.8) is 0 Å². The van der Waals surface area contributed by atoms with Crippen molar-refractivity contribution < 1.29 is 9.47 Å². The number of ether oxygens (including phenoxy) is 2. The standard InChI is InChI=1S/C26H40N6O2/c1-30-13-15-32(16-14-30)26-28-22-18-24(34-3)23(33-2)17-21(22)25(29-26)27-19-9-11-31(12-10-19)20-7-5-4-6-8-20/h17-20H,4-16H2,1-3H3,(H,27,28,29). The van der Waals surface area contributed by atoms with Crippen molar-refractivity contribution in [2.45, 2.75) is 57.0 Å². The van der Waals surface area contributed by atoms with Crippen molar-refractivity contribution >= 4 is 22.7 Å². The quantitative estimate of drug-likeness (QED) is 0.690. The van der Waals surface area contributed by atoms with E-state index in [1.807, 2.05) is 12.1 Å². The van der Waals surface area contributed by atoms with Crippen LogP contribution >= 0.6 is 0 Å². The molecule has 0 spiro atoms. The Labute approximate surface area is 203 Å². The van der Waals surface area contributed by atoms with Crippen molar-refractivity contribution in [3.8, 4) is 11.5 Å². The van der Waals surface area contributed by atoms with Crippen LogP contribution in [0.2, 0.25) is 0 Å². The van der Waals surface area contributed by atoms with Crippen LogP contribution in [-0.2, 0) is 0 Å². The summed E-state index contributed by atoms with van der Waals surface area (Å²) in [5, 5.41) is 4.80. The smallest absolute Gasteiger partial charge is 0.227 e. The van der Waals surface area contributed by atoms with Gasteiger partial charge in [0.2, 0.25) is 5.95 Å². The van der Waals surface area contributed by atoms with E-state index in [4.69, 9.17) is 19.4 Å². The Kier molecular flexibility index (Phi) is 7.25. The molecule has 0 radical (unpaired) electrons. The maximum absolute atomic E-state index is 5.60. The van der Waals surface area contributed by atoms with E-state index in [9.17, 15) is 0 Å². The number of hydrogen-bond donors (Lipinski definition) is 1. The highest BCUT2D eigenvalue weighted by Crippen LogP contribution is 2.36. The highest BCUT2D eigenvalue weighted by molar-refractivity contribution is 5.93. The zero-order chi connectivity index (χ0) is 23.5. The lowest BCUT2D eigenvalue weighted by molar-refractivity contribution is 0.126. The number of piperidine rings is 1. The third-order valence-electron chi connectivity index (χ3n) is 7.94. The number of nitrogens with one attached hydrogen (secondary N) is 1. The minimum absolute atomic E-state index is 0.423. The van der Waals surface area contributed by atoms with Crippen molar-refractivity contribution in [2.24, 2.45) is 0 Å². The SMILES string of the molecule is COc1cc2nc(N3CCN(C)CC3)nc(NC3CCN(C4CCCCC4)CC3)c2cc1OC. The van der Waals surface area contributed by atoms with Gasteiger partial charge in [0, 0.05) is 62.8 Å². The van der Waals surface area contributed by atoms with Crippen LogP contribution in [0.4, 0.5) is 11.8 Å². The van der Waals surface area contributed by atoms with Crippen LogP contribution in [0.1, 0.15) is 44.9 Å². The lowest BCUT2D eigenvalue weighted by atomic mass is 9.92. The normalized spacial score (nSPS) is 21.7. The van der Waals surface area contributed by atoms with E-state index in [0.29, 0.717) is 17.5 Å². The van der Waals surface area contributed by atoms with Gasteiger partial charge in [0.1, 0.15) is 5.82 Å². The van der Waals surface area contributed by atoms with Gasteiger partial charge in [0.15, 0.2) is 11.5 Å². The zero-order valence-electron chi connectivity index (χ0n) is 21.1. The van der Waals surface area contributed by atoms with E-state index in [-0.39, 0.29) is 0 Å². The van der Waals surface area contributed by atoms with Gasteiger partial charge in [-0.15, -0.1) is 0 Å². The average molecular weight is 469 g/mol. The fraction of sp³-hybridized carbons (Fsp3) is 0.692. The highest BCUT2D eigenvalue weighted by atomic mass is 16.5. The van der Waals surface area contributed by atoms with Crippen molar-refractivity contribution in [3.05, 3.63) is 12.1 Å². The molecule has 3 heterocycles. The highest BCUT2D eigenvalue weighted by Gasteiger charge is 2.27. The number of nitrogens with zero attached hydrogens (tertiary/aromatic N) is 5. The van der Waals surface area contributed by atoms with E-state index < -0.39 is 0 Å². The summed E-state index contributed by atoms with van der Waals surface area (Å²) in [7, 11) is 5.52. The lowest BCUT2D eigenvalue weighted by Gasteiger charge is -2.39.